The number of aliphatic carboxylic acids is 1. The second-order valence-electron chi connectivity index (χ2n) is 4.01. The molecule has 0 aliphatic carbocycles. The van der Waals surface area contributed by atoms with E-state index >= 15 is 0 Å². The molecular weight excluding hydrogens is 236 g/mol. The van der Waals surface area contributed by atoms with Gasteiger partial charge in [0.1, 0.15) is 0 Å². The Balaban J connectivity index is 2.10. The number of aliphatic hydroxyl groups is 1. The van der Waals surface area contributed by atoms with Gasteiger partial charge in [0.05, 0.1) is 12.5 Å². The van der Waals surface area contributed by atoms with Gasteiger partial charge in [-0.3, -0.25) is 4.79 Å². The van der Waals surface area contributed by atoms with E-state index in [0.29, 0.717) is 0 Å². The first-order chi connectivity index (χ1) is 8.15. The van der Waals surface area contributed by atoms with Crippen LogP contribution in [0.4, 0.5) is 0 Å². The minimum Gasteiger partial charge on any atom is -0.481 e. The van der Waals surface area contributed by atoms with Crippen LogP contribution in [-0.2, 0) is 11.2 Å². The normalized spacial score (nSPS) is 21.9. The lowest BCUT2D eigenvalue weighted by Crippen LogP contribution is -2.01. The predicted octanol–water partition coefficient (Wildman–Crippen LogP) is 2.15. The minimum atomic E-state index is -0.821. The maximum atomic E-state index is 10.5. The molecule has 0 radical (unpaired) electrons. The highest BCUT2D eigenvalue weighted by Gasteiger charge is 2.18. The standard InChI is InChI=1S/C13H14O3S/c14-11-5-6-17-12(11)7-9-1-3-10(4-2-9)8-13(15)16/h1-4,7,11,14H,5-6,8H2,(H,15,16). The summed E-state index contributed by atoms with van der Waals surface area (Å²) in [5.74, 6) is 0.141. The zero-order valence-corrected chi connectivity index (χ0v) is 10.1. The molecule has 1 heterocycles. The van der Waals surface area contributed by atoms with Crippen molar-refractivity contribution in [1.82, 2.24) is 0 Å². The van der Waals surface area contributed by atoms with Crippen molar-refractivity contribution in [2.24, 2.45) is 0 Å². The van der Waals surface area contributed by atoms with Gasteiger partial charge in [0, 0.05) is 10.7 Å². The Bertz CT molecular complexity index is 436. The number of aliphatic hydroxyl groups excluding tert-OH is 1. The van der Waals surface area contributed by atoms with Gasteiger partial charge in [-0.25, -0.2) is 0 Å². The van der Waals surface area contributed by atoms with E-state index in [0.717, 1.165) is 28.2 Å². The molecular formula is C13H14O3S. The van der Waals surface area contributed by atoms with Crippen LogP contribution in [0.1, 0.15) is 17.5 Å². The van der Waals surface area contributed by atoms with Crippen molar-refractivity contribution in [2.75, 3.05) is 5.75 Å². The van der Waals surface area contributed by atoms with Crippen LogP contribution < -0.4 is 0 Å². The SMILES string of the molecule is O=C(O)Cc1ccc(C=C2SCCC2O)cc1. The number of hydrogen-bond donors (Lipinski definition) is 2. The van der Waals surface area contributed by atoms with Crippen LogP contribution >= 0.6 is 11.8 Å². The second kappa shape index (κ2) is 5.38. The molecule has 2 rings (SSSR count). The average Bonchev–Trinajstić information content (AvgIpc) is 2.67. The Labute approximate surface area is 104 Å². The van der Waals surface area contributed by atoms with Gasteiger partial charge in [-0.1, -0.05) is 24.3 Å². The Morgan fingerprint density at radius 1 is 1.41 bits per heavy atom. The van der Waals surface area contributed by atoms with Gasteiger partial charge >= 0.3 is 5.97 Å². The van der Waals surface area contributed by atoms with Crippen LogP contribution in [0.5, 0.6) is 0 Å². The van der Waals surface area contributed by atoms with Crippen LogP contribution in [0.15, 0.2) is 29.2 Å². The summed E-state index contributed by atoms with van der Waals surface area (Å²) in [7, 11) is 0. The number of benzene rings is 1. The third-order valence-electron chi connectivity index (χ3n) is 2.63. The smallest absolute Gasteiger partial charge is 0.307 e. The van der Waals surface area contributed by atoms with E-state index in [2.05, 4.69) is 0 Å². The average molecular weight is 250 g/mol. The number of thioether (sulfide) groups is 1. The molecule has 1 unspecified atom stereocenters. The molecule has 4 heteroatoms. The Hall–Kier alpha value is -1.26. The van der Waals surface area contributed by atoms with E-state index in [1.165, 1.54) is 0 Å². The summed E-state index contributed by atoms with van der Waals surface area (Å²) in [4.78, 5) is 11.5. The van der Waals surface area contributed by atoms with Gasteiger partial charge in [0.25, 0.3) is 0 Å². The lowest BCUT2D eigenvalue weighted by molar-refractivity contribution is -0.136. The molecule has 1 fully saturated rings. The van der Waals surface area contributed by atoms with Crippen LogP contribution in [0.3, 0.4) is 0 Å². The largest absolute Gasteiger partial charge is 0.481 e. The van der Waals surface area contributed by atoms with Gasteiger partial charge in [-0.15, -0.1) is 11.8 Å². The molecule has 1 aromatic rings. The van der Waals surface area contributed by atoms with Crippen molar-refractivity contribution >= 4 is 23.8 Å². The zero-order chi connectivity index (χ0) is 12.3. The highest BCUT2D eigenvalue weighted by atomic mass is 32.2. The minimum absolute atomic E-state index is 0.0498. The van der Waals surface area contributed by atoms with E-state index in [-0.39, 0.29) is 12.5 Å². The maximum Gasteiger partial charge on any atom is 0.307 e. The fourth-order valence-corrected chi connectivity index (χ4v) is 2.84. The lowest BCUT2D eigenvalue weighted by Gasteiger charge is -2.03. The highest BCUT2D eigenvalue weighted by molar-refractivity contribution is 8.03. The fourth-order valence-electron chi connectivity index (χ4n) is 1.74. The van der Waals surface area contributed by atoms with Crippen molar-refractivity contribution in [3.05, 3.63) is 40.3 Å². The number of carboxylic acids is 1. The molecule has 17 heavy (non-hydrogen) atoms. The molecule has 90 valence electrons. The first kappa shape index (κ1) is 12.2. The molecule has 1 aliphatic rings. The number of rotatable bonds is 3. The monoisotopic (exact) mass is 250 g/mol. The summed E-state index contributed by atoms with van der Waals surface area (Å²) in [5.41, 5.74) is 1.79. The van der Waals surface area contributed by atoms with Crippen molar-refractivity contribution in [2.45, 2.75) is 18.9 Å². The molecule has 3 nitrogen and oxygen atoms in total. The molecule has 1 aromatic carbocycles. The van der Waals surface area contributed by atoms with Crippen LogP contribution in [0, 0.1) is 0 Å². The lowest BCUT2D eigenvalue weighted by atomic mass is 10.1. The Kier molecular flexibility index (Phi) is 3.86. The van der Waals surface area contributed by atoms with Gasteiger partial charge in [0.15, 0.2) is 0 Å². The quantitative estimate of drug-likeness (QED) is 0.863. The third-order valence-corrected chi connectivity index (χ3v) is 3.80. The molecule has 1 aliphatic heterocycles. The summed E-state index contributed by atoms with van der Waals surface area (Å²) in [5, 5.41) is 18.3. The molecule has 1 saturated heterocycles. The summed E-state index contributed by atoms with van der Waals surface area (Å²) >= 11 is 1.68. The molecule has 0 bridgehead atoms. The van der Waals surface area contributed by atoms with Crippen LogP contribution in [0.25, 0.3) is 6.08 Å². The van der Waals surface area contributed by atoms with Crippen LogP contribution in [-0.4, -0.2) is 28.0 Å². The van der Waals surface area contributed by atoms with Crippen molar-refractivity contribution in [1.29, 1.82) is 0 Å². The van der Waals surface area contributed by atoms with Crippen molar-refractivity contribution in [3.63, 3.8) is 0 Å². The summed E-state index contributed by atoms with van der Waals surface area (Å²) in [6.45, 7) is 0. The second-order valence-corrected chi connectivity index (χ2v) is 5.18. The number of hydrogen-bond acceptors (Lipinski definition) is 3. The van der Waals surface area contributed by atoms with E-state index in [9.17, 15) is 9.90 Å². The van der Waals surface area contributed by atoms with Gasteiger partial charge in [-0.2, -0.15) is 0 Å². The predicted molar refractivity (Wildman–Crippen MR) is 68.8 cm³/mol. The van der Waals surface area contributed by atoms with Gasteiger partial charge in [-0.05, 0) is 23.6 Å². The molecule has 0 amide bonds. The van der Waals surface area contributed by atoms with Crippen molar-refractivity contribution < 1.29 is 15.0 Å². The molecule has 0 aromatic heterocycles. The van der Waals surface area contributed by atoms with E-state index < -0.39 is 5.97 Å². The molecule has 2 N–H and O–H groups in total. The maximum absolute atomic E-state index is 10.5. The van der Waals surface area contributed by atoms with Crippen LogP contribution in [0.2, 0.25) is 0 Å². The van der Waals surface area contributed by atoms with Crippen molar-refractivity contribution in [3.8, 4) is 0 Å². The van der Waals surface area contributed by atoms with E-state index in [1.807, 2.05) is 30.3 Å². The number of carboxylic acid groups (broad SMARTS) is 1. The first-order valence-electron chi connectivity index (χ1n) is 5.48. The van der Waals surface area contributed by atoms with E-state index in [1.54, 1.807) is 11.8 Å². The molecule has 0 spiro atoms. The zero-order valence-electron chi connectivity index (χ0n) is 9.30. The Morgan fingerprint density at radius 3 is 2.65 bits per heavy atom. The summed E-state index contributed by atoms with van der Waals surface area (Å²) in [6, 6.07) is 7.40. The Morgan fingerprint density at radius 2 is 2.12 bits per heavy atom. The fraction of sp³-hybridized carbons (Fsp3) is 0.308. The molecule has 1 atom stereocenters. The summed E-state index contributed by atoms with van der Waals surface area (Å²) < 4.78 is 0. The third kappa shape index (κ3) is 3.35. The van der Waals surface area contributed by atoms with Gasteiger partial charge < -0.3 is 10.2 Å². The van der Waals surface area contributed by atoms with E-state index in [4.69, 9.17) is 5.11 Å². The summed E-state index contributed by atoms with van der Waals surface area (Å²) in [6.07, 6.45) is 2.49. The first-order valence-corrected chi connectivity index (χ1v) is 6.47. The topological polar surface area (TPSA) is 57.5 Å². The number of carbonyl (C=O) groups is 1. The van der Waals surface area contributed by atoms with Gasteiger partial charge in [0.2, 0.25) is 0 Å². The molecule has 0 saturated carbocycles. The highest BCUT2D eigenvalue weighted by Crippen LogP contribution is 2.32.